The van der Waals surface area contributed by atoms with E-state index in [1.54, 1.807) is 0 Å². The molecule has 0 aliphatic rings. The molecular weight excluding hydrogens is 655 g/mol. The normalized spacial score (nSPS) is 11.3. The molecule has 2 nitrogen and oxygen atoms in total. The van der Waals surface area contributed by atoms with Gasteiger partial charge in [0.2, 0.25) is 0 Å². The lowest BCUT2D eigenvalue weighted by Gasteiger charge is -2.28. The van der Waals surface area contributed by atoms with E-state index in [0.717, 1.165) is 50.5 Å². The van der Waals surface area contributed by atoms with Gasteiger partial charge in [-0.1, -0.05) is 170 Å². The van der Waals surface area contributed by atoms with Gasteiger partial charge in [0.15, 0.2) is 0 Å². The molecule has 54 heavy (non-hydrogen) atoms. The molecule has 10 rings (SSSR count). The molecule has 1 aromatic heterocycles. The molecule has 0 amide bonds. The van der Waals surface area contributed by atoms with E-state index < -0.39 is 0 Å². The first-order valence-electron chi connectivity index (χ1n) is 18.4. The fraction of sp³-hybridized carbons (Fsp3) is 0. The largest absolute Gasteiger partial charge is 0.456 e. The van der Waals surface area contributed by atoms with Crippen molar-refractivity contribution in [2.75, 3.05) is 4.90 Å². The van der Waals surface area contributed by atoms with E-state index in [9.17, 15) is 0 Å². The Morgan fingerprint density at radius 1 is 0.315 bits per heavy atom. The topological polar surface area (TPSA) is 16.4 Å². The van der Waals surface area contributed by atoms with E-state index in [4.69, 9.17) is 4.42 Å². The van der Waals surface area contributed by atoms with Crippen molar-refractivity contribution in [3.8, 4) is 44.7 Å². The Labute approximate surface area is 314 Å². The fourth-order valence-electron chi connectivity index (χ4n) is 7.90. The van der Waals surface area contributed by atoms with Gasteiger partial charge in [0.25, 0.3) is 0 Å². The summed E-state index contributed by atoms with van der Waals surface area (Å²) in [5.41, 5.74) is 12.4. The minimum atomic E-state index is 0.870. The number of hydrogen-bond donors (Lipinski definition) is 0. The highest BCUT2D eigenvalue weighted by Crippen LogP contribution is 2.44. The van der Waals surface area contributed by atoms with E-state index in [1.165, 1.54) is 43.8 Å². The van der Waals surface area contributed by atoms with Gasteiger partial charge in [0.1, 0.15) is 11.3 Å². The van der Waals surface area contributed by atoms with Crippen LogP contribution in [0.3, 0.4) is 0 Å². The standard InChI is InChI=1S/C52H35NO/c1-2-14-36(15-3-1)43-18-7-8-19-44(43)37-26-30-41(31-27-37)53(50-34-39-16-4-6-21-46(39)47-22-10-11-23-48(47)50)42-32-28-38(29-33-42)45-20-9-12-24-49(45)52-35-40-17-5-13-25-51(40)54-52/h1-35H. The summed E-state index contributed by atoms with van der Waals surface area (Å²) in [6.45, 7) is 0. The molecule has 0 bridgehead atoms. The summed E-state index contributed by atoms with van der Waals surface area (Å²) >= 11 is 0. The maximum atomic E-state index is 6.34. The zero-order chi connectivity index (χ0) is 35.8. The highest BCUT2D eigenvalue weighted by molar-refractivity contribution is 6.14. The number of rotatable bonds is 7. The van der Waals surface area contributed by atoms with Crippen LogP contribution in [0.4, 0.5) is 17.1 Å². The number of para-hydroxylation sites is 1. The van der Waals surface area contributed by atoms with E-state index >= 15 is 0 Å². The molecule has 254 valence electrons. The van der Waals surface area contributed by atoms with Crippen LogP contribution in [-0.4, -0.2) is 0 Å². The van der Waals surface area contributed by atoms with Gasteiger partial charge >= 0.3 is 0 Å². The minimum Gasteiger partial charge on any atom is -0.456 e. The number of hydrogen-bond acceptors (Lipinski definition) is 2. The van der Waals surface area contributed by atoms with Crippen molar-refractivity contribution in [3.63, 3.8) is 0 Å². The molecule has 0 spiro atoms. The van der Waals surface area contributed by atoms with Crippen molar-refractivity contribution >= 4 is 49.6 Å². The first-order valence-corrected chi connectivity index (χ1v) is 18.4. The average molecular weight is 690 g/mol. The van der Waals surface area contributed by atoms with Crippen molar-refractivity contribution < 1.29 is 4.42 Å². The lowest BCUT2D eigenvalue weighted by atomic mass is 9.94. The third-order valence-corrected chi connectivity index (χ3v) is 10.5. The molecule has 2 heteroatoms. The molecule has 10 aromatic rings. The Morgan fingerprint density at radius 3 is 1.41 bits per heavy atom. The lowest BCUT2D eigenvalue weighted by Crippen LogP contribution is -2.10. The van der Waals surface area contributed by atoms with Crippen LogP contribution in [0.5, 0.6) is 0 Å². The number of anilines is 3. The van der Waals surface area contributed by atoms with Gasteiger partial charge in [-0.3, -0.25) is 0 Å². The van der Waals surface area contributed by atoms with Crippen LogP contribution < -0.4 is 4.90 Å². The highest BCUT2D eigenvalue weighted by Gasteiger charge is 2.19. The molecule has 9 aromatic carbocycles. The molecule has 1 heterocycles. The van der Waals surface area contributed by atoms with Crippen molar-refractivity contribution in [1.82, 2.24) is 0 Å². The number of fused-ring (bicyclic) bond motifs is 4. The maximum Gasteiger partial charge on any atom is 0.136 e. The summed E-state index contributed by atoms with van der Waals surface area (Å²) in [7, 11) is 0. The average Bonchev–Trinajstić information content (AvgIpc) is 3.69. The van der Waals surface area contributed by atoms with Crippen LogP contribution >= 0.6 is 0 Å². The second-order valence-corrected chi connectivity index (χ2v) is 13.7. The zero-order valence-electron chi connectivity index (χ0n) is 29.6. The van der Waals surface area contributed by atoms with Gasteiger partial charge in [-0.2, -0.15) is 0 Å². The first-order chi connectivity index (χ1) is 26.8. The third-order valence-electron chi connectivity index (χ3n) is 10.5. The third kappa shape index (κ3) is 5.62. The van der Waals surface area contributed by atoms with Gasteiger partial charge in [0, 0.05) is 27.7 Å². The van der Waals surface area contributed by atoms with E-state index in [2.05, 4.69) is 199 Å². The SMILES string of the molecule is c1ccc(-c2ccccc2-c2ccc(N(c3ccc(-c4ccccc4-c4cc5ccccc5o4)cc3)c3cc4ccccc4c4ccccc34)cc2)cc1. The van der Waals surface area contributed by atoms with Crippen LogP contribution in [0.25, 0.3) is 77.2 Å². The molecule has 0 N–H and O–H groups in total. The number of benzene rings is 9. The van der Waals surface area contributed by atoms with Crippen LogP contribution in [-0.2, 0) is 0 Å². The maximum absolute atomic E-state index is 6.34. The summed E-state index contributed by atoms with van der Waals surface area (Å²) in [6, 6.07) is 75.9. The van der Waals surface area contributed by atoms with Crippen LogP contribution in [0.1, 0.15) is 0 Å². The minimum absolute atomic E-state index is 0.870. The lowest BCUT2D eigenvalue weighted by molar-refractivity contribution is 0.632. The zero-order valence-corrected chi connectivity index (χ0v) is 29.6. The molecule has 0 saturated heterocycles. The molecule has 0 saturated carbocycles. The summed E-state index contributed by atoms with van der Waals surface area (Å²) < 4.78 is 6.34. The van der Waals surface area contributed by atoms with Gasteiger partial charge in [-0.05, 0) is 92.0 Å². The van der Waals surface area contributed by atoms with Crippen molar-refractivity contribution in [3.05, 3.63) is 212 Å². The monoisotopic (exact) mass is 689 g/mol. The first kappa shape index (κ1) is 31.6. The smallest absolute Gasteiger partial charge is 0.136 e. The Morgan fingerprint density at radius 2 is 0.778 bits per heavy atom. The van der Waals surface area contributed by atoms with Crippen LogP contribution in [0, 0.1) is 0 Å². The second-order valence-electron chi connectivity index (χ2n) is 13.7. The van der Waals surface area contributed by atoms with Crippen LogP contribution in [0.15, 0.2) is 217 Å². The van der Waals surface area contributed by atoms with Gasteiger partial charge < -0.3 is 9.32 Å². The van der Waals surface area contributed by atoms with Gasteiger partial charge in [-0.25, -0.2) is 0 Å². The second kappa shape index (κ2) is 13.4. The molecule has 0 atom stereocenters. The molecule has 0 fully saturated rings. The van der Waals surface area contributed by atoms with E-state index in [-0.39, 0.29) is 0 Å². The Balaban J connectivity index is 1.11. The molecule has 0 unspecified atom stereocenters. The predicted molar refractivity (Wildman–Crippen MR) is 228 cm³/mol. The van der Waals surface area contributed by atoms with E-state index in [0.29, 0.717) is 0 Å². The molecule has 0 aliphatic carbocycles. The van der Waals surface area contributed by atoms with Crippen molar-refractivity contribution in [2.24, 2.45) is 0 Å². The number of furan rings is 1. The Kier molecular flexibility index (Phi) is 7.85. The quantitative estimate of drug-likeness (QED) is 0.155. The number of nitrogens with zero attached hydrogens (tertiary/aromatic N) is 1. The Hall–Kier alpha value is -7.16. The molecular formula is C52H35NO. The van der Waals surface area contributed by atoms with Crippen molar-refractivity contribution in [1.29, 1.82) is 0 Å². The highest BCUT2D eigenvalue weighted by atomic mass is 16.3. The predicted octanol–water partition coefficient (Wildman–Crippen LogP) is 14.9. The molecule has 0 aliphatic heterocycles. The Bertz CT molecular complexity index is 2890. The van der Waals surface area contributed by atoms with Gasteiger partial charge in [-0.15, -0.1) is 0 Å². The van der Waals surface area contributed by atoms with E-state index in [1.807, 2.05) is 18.2 Å². The van der Waals surface area contributed by atoms with Gasteiger partial charge in [0.05, 0.1) is 5.69 Å². The summed E-state index contributed by atoms with van der Waals surface area (Å²) in [4.78, 5) is 2.40. The summed E-state index contributed by atoms with van der Waals surface area (Å²) in [5.74, 6) is 0.870. The van der Waals surface area contributed by atoms with Crippen LogP contribution in [0.2, 0.25) is 0 Å². The summed E-state index contributed by atoms with van der Waals surface area (Å²) in [5, 5.41) is 6.00. The summed E-state index contributed by atoms with van der Waals surface area (Å²) in [6.07, 6.45) is 0. The fourth-order valence-corrected chi connectivity index (χ4v) is 7.90. The van der Waals surface area contributed by atoms with Crippen molar-refractivity contribution in [2.45, 2.75) is 0 Å². The molecule has 0 radical (unpaired) electrons.